The SMILES string of the molecule is [2H]C([2H])([2H])N1CCC[C@@H](Nc2nnc(-c3ccc4sccc4c3O)c(C)n2)C1. The van der Waals surface area contributed by atoms with Crippen molar-refractivity contribution in [2.75, 3.05) is 25.4 Å². The highest BCUT2D eigenvalue weighted by Gasteiger charge is 2.19. The number of hydrogen-bond donors (Lipinski definition) is 2. The van der Waals surface area contributed by atoms with Crippen LogP contribution in [0.5, 0.6) is 5.75 Å². The molecule has 1 aliphatic rings. The predicted octanol–water partition coefficient (Wildman–Crippen LogP) is 3.27. The highest BCUT2D eigenvalue weighted by atomic mass is 32.1. The van der Waals surface area contributed by atoms with Gasteiger partial charge in [-0.1, -0.05) is 0 Å². The zero-order valence-corrected chi connectivity index (χ0v) is 14.7. The highest BCUT2D eigenvalue weighted by Crippen LogP contribution is 2.37. The van der Waals surface area contributed by atoms with E-state index in [1.807, 2.05) is 30.5 Å². The molecule has 4 rings (SSSR count). The van der Waals surface area contributed by atoms with Crippen LogP contribution in [0.25, 0.3) is 21.3 Å². The first-order valence-electron chi connectivity index (χ1n) is 9.75. The van der Waals surface area contributed by atoms with Gasteiger partial charge in [0.1, 0.15) is 11.4 Å². The number of phenolic OH excluding ortho intramolecular Hbond substituents is 1. The molecule has 25 heavy (non-hydrogen) atoms. The summed E-state index contributed by atoms with van der Waals surface area (Å²) in [6.07, 6.45) is 1.65. The summed E-state index contributed by atoms with van der Waals surface area (Å²) in [5, 5.41) is 25.0. The Kier molecular flexibility index (Phi) is 3.42. The maximum atomic E-state index is 10.6. The van der Waals surface area contributed by atoms with Gasteiger partial charge in [0.05, 0.1) is 5.69 Å². The molecule has 3 aromatic rings. The Morgan fingerprint density at radius 1 is 1.36 bits per heavy atom. The molecular weight excluding hydrogens is 334 g/mol. The highest BCUT2D eigenvalue weighted by molar-refractivity contribution is 7.17. The number of hydrogen-bond acceptors (Lipinski definition) is 7. The Hall–Kier alpha value is -2.25. The van der Waals surface area contributed by atoms with Crippen LogP contribution in [0, 0.1) is 6.92 Å². The second-order valence-corrected chi connectivity index (χ2v) is 7.24. The van der Waals surface area contributed by atoms with Gasteiger partial charge in [-0.15, -0.1) is 21.5 Å². The van der Waals surface area contributed by atoms with E-state index in [9.17, 15) is 5.11 Å². The Morgan fingerprint density at radius 3 is 3.12 bits per heavy atom. The van der Waals surface area contributed by atoms with Gasteiger partial charge in [-0.3, -0.25) is 0 Å². The quantitative estimate of drug-likeness (QED) is 0.748. The van der Waals surface area contributed by atoms with Crippen LogP contribution in [0.15, 0.2) is 23.6 Å². The fourth-order valence-electron chi connectivity index (χ4n) is 3.21. The van der Waals surface area contributed by atoms with Gasteiger partial charge >= 0.3 is 0 Å². The van der Waals surface area contributed by atoms with Gasteiger partial charge in [0.15, 0.2) is 0 Å². The lowest BCUT2D eigenvalue weighted by molar-refractivity contribution is 0.260. The van der Waals surface area contributed by atoms with Crippen molar-refractivity contribution >= 4 is 27.4 Å². The molecule has 0 unspecified atom stereocenters. The summed E-state index contributed by atoms with van der Waals surface area (Å²) in [7, 11) is 0. The van der Waals surface area contributed by atoms with Crippen LogP contribution >= 0.6 is 11.3 Å². The second-order valence-electron chi connectivity index (χ2n) is 6.29. The summed E-state index contributed by atoms with van der Waals surface area (Å²) < 4.78 is 23.8. The molecule has 7 heteroatoms. The number of nitrogens with zero attached hydrogens (tertiary/aromatic N) is 4. The number of anilines is 1. The van der Waals surface area contributed by atoms with Gasteiger partial charge in [-0.25, -0.2) is 4.98 Å². The van der Waals surface area contributed by atoms with Crippen LogP contribution in [0.4, 0.5) is 5.95 Å². The van der Waals surface area contributed by atoms with Gasteiger partial charge in [-0.2, -0.15) is 0 Å². The molecule has 0 aliphatic carbocycles. The smallest absolute Gasteiger partial charge is 0.243 e. The van der Waals surface area contributed by atoms with Gasteiger partial charge < -0.3 is 15.3 Å². The molecule has 130 valence electrons. The molecule has 1 fully saturated rings. The number of likely N-dealkylation sites (N-methyl/N-ethyl adjacent to an activating group) is 1. The van der Waals surface area contributed by atoms with Gasteiger partial charge in [0.2, 0.25) is 5.95 Å². The maximum Gasteiger partial charge on any atom is 0.243 e. The first kappa shape index (κ1) is 13.0. The summed E-state index contributed by atoms with van der Waals surface area (Å²) in [6, 6.07) is 5.62. The monoisotopic (exact) mass is 358 g/mol. The van der Waals surface area contributed by atoms with Crippen molar-refractivity contribution < 1.29 is 9.22 Å². The summed E-state index contributed by atoms with van der Waals surface area (Å²) in [6.45, 7) is 0.714. The molecule has 0 spiro atoms. The normalized spacial score (nSPS) is 20.8. The molecule has 2 N–H and O–H groups in total. The fourth-order valence-corrected chi connectivity index (χ4v) is 4.00. The van der Waals surface area contributed by atoms with Crippen LogP contribution < -0.4 is 5.32 Å². The molecule has 0 amide bonds. The van der Waals surface area contributed by atoms with Crippen molar-refractivity contribution in [1.29, 1.82) is 0 Å². The fraction of sp³-hybridized carbons (Fsp3) is 0.389. The van der Waals surface area contributed by atoms with E-state index in [4.69, 9.17) is 4.11 Å². The molecule has 0 radical (unpaired) electrons. The number of phenols is 1. The zero-order valence-electron chi connectivity index (χ0n) is 16.9. The second kappa shape index (κ2) is 6.57. The van der Waals surface area contributed by atoms with Crippen molar-refractivity contribution in [3.05, 3.63) is 29.3 Å². The minimum Gasteiger partial charge on any atom is -0.507 e. The van der Waals surface area contributed by atoms with Crippen molar-refractivity contribution in [3.8, 4) is 17.0 Å². The van der Waals surface area contributed by atoms with E-state index in [1.165, 1.54) is 4.90 Å². The third-order valence-corrected chi connectivity index (χ3v) is 5.36. The Bertz CT molecular complexity index is 1010. The van der Waals surface area contributed by atoms with Crippen LogP contribution in [0.2, 0.25) is 0 Å². The lowest BCUT2D eigenvalue weighted by Crippen LogP contribution is -2.40. The predicted molar refractivity (Wildman–Crippen MR) is 101 cm³/mol. The number of aryl methyl sites for hydroxylation is 1. The first-order valence-corrected chi connectivity index (χ1v) is 9.13. The largest absolute Gasteiger partial charge is 0.507 e. The van der Waals surface area contributed by atoms with E-state index in [-0.39, 0.29) is 11.8 Å². The number of piperidine rings is 1. The summed E-state index contributed by atoms with van der Waals surface area (Å²) in [4.78, 5) is 5.98. The topological polar surface area (TPSA) is 74.2 Å². The number of thiophene rings is 1. The van der Waals surface area contributed by atoms with E-state index in [1.54, 1.807) is 11.3 Å². The standard InChI is InChI=1S/C18H21N5OS/c1-11-16(14-5-6-15-13(17(14)24)7-9-25-15)21-22-18(19-11)20-12-4-3-8-23(2)10-12/h5-7,9,12,24H,3-4,8,10H2,1-2H3,(H,19,20,22)/t12-/m1/s1/i2D3. The van der Waals surface area contributed by atoms with Crippen molar-refractivity contribution in [3.63, 3.8) is 0 Å². The van der Waals surface area contributed by atoms with E-state index in [0.29, 0.717) is 36.0 Å². The first-order chi connectivity index (χ1) is 13.3. The summed E-state index contributed by atoms with van der Waals surface area (Å²) in [5.74, 6) is 0.550. The number of rotatable bonds is 3. The molecule has 1 aromatic carbocycles. The molecular formula is C18H21N5OS. The Morgan fingerprint density at radius 2 is 2.28 bits per heavy atom. The third kappa shape index (κ3) is 3.17. The van der Waals surface area contributed by atoms with Crippen LogP contribution in [-0.2, 0) is 0 Å². The number of aromatic hydroxyl groups is 1. The van der Waals surface area contributed by atoms with Crippen molar-refractivity contribution in [2.24, 2.45) is 0 Å². The van der Waals surface area contributed by atoms with Crippen LogP contribution in [-0.4, -0.2) is 51.3 Å². The van der Waals surface area contributed by atoms with E-state index >= 15 is 0 Å². The average molecular weight is 358 g/mol. The Labute approximate surface area is 154 Å². The van der Waals surface area contributed by atoms with Gasteiger partial charge in [0.25, 0.3) is 0 Å². The number of aromatic nitrogens is 3. The molecule has 1 saturated heterocycles. The van der Waals surface area contributed by atoms with Gasteiger partial charge in [0, 0.05) is 32.3 Å². The van der Waals surface area contributed by atoms with E-state index in [0.717, 1.165) is 22.9 Å². The Balaban J connectivity index is 1.55. The molecule has 1 atom stereocenters. The maximum absolute atomic E-state index is 10.6. The lowest BCUT2D eigenvalue weighted by Gasteiger charge is -2.30. The van der Waals surface area contributed by atoms with Crippen molar-refractivity contribution in [2.45, 2.75) is 25.8 Å². The number of likely N-dealkylation sites (tertiary alicyclic amines) is 1. The van der Waals surface area contributed by atoms with Crippen molar-refractivity contribution in [1.82, 2.24) is 20.1 Å². The van der Waals surface area contributed by atoms with E-state index in [2.05, 4.69) is 20.5 Å². The molecule has 1 aliphatic heterocycles. The zero-order chi connectivity index (χ0) is 19.9. The number of benzene rings is 1. The molecule has 3 heterocycles. The number of fused-ring (bicyclic) bond motifs is 1. The molecule has 2 aromatic heterocycles. The summed E-state index contributed by atoms with van der Waals surface area (Å²) >= 11 is 1.57. The molecule has 0 saturated carbocycles. The van der Waals surface area contributed by atoms with Gasteiger partial charge in [-0.05, 0) is 56.9 Å². The lowest BCUT2D eigenvalue weighted by atomic mass is 10.1. The minimum atomic E-state index is -2.09. The molecule has 0 bridgehead atoms. The van der Waals surface area contributed by atoms with Crippen LogP contribution in [0.1, 0.15) is 22.6 Å². The minimum absolute atomic E-state index is 0.0446. The third-order valence-electron chi connectivity index (χ3n) is 4.48. The van der Waals surface area contributed by atoms with Crippen LogP contribution in [0.3, 0.4) is 0 Å². The van der Waals surface area contributed by atoms with E-state index < -0.39 is 6.98 Å². The number of nitrogens with one attached hydrogen (secondary N) is 1. The molecule has 6 nitrogen and oxygen atoms in total. The summed E-state index contributed by atoms with van der Waals surface area (Å²) in [5.41, 5.74) is 1.77. The average Bonchev–Trinajstić information content (AvgIpc) is 3.12.